The second kappa shape index (κ2) is 21.2. The van der Waals surface area contributed by atoms with Crippen molar-refractivity contribution < 1.29 is 45.4 Å². The number of allylic oxidation sites excluding steroid dienone is 1. The van der Waals surface area contributed by atoms with E-state index in [-0.39, 0.29) is 42.4 Å². The fourth-order valence-corrected chi connectivity index (χ4v) is 11.7. The predicted octanol–water partition coefficient (Wildman–Crippen LogP) is 1.81. The third kappa shape index (κ3) is 11.7. The number of nitrogens with two attached hydrogens (primary N) is 3. The lowest BCUT2D eigenvalue weighted by Crippen LogP contribution is -2.96. The van der Waals surface area contributed by atoms with Crippen molar-refractivity contribution in [1.29, 1.82) is 0 Å². The second-order valence-electron chi connectivity index (χ2n) is 18.6. The molecule has 0 aromatic carbocycles. The number of carbonyl (C=O) groups is 2. The van der Waals surface area contributed by atoms with Crippen LogP contribution in [0.2, 0.25) is 0 Å². The zero-order chi connectivity index (χ0) is 39.6. The number of carbonyl (C=O) groups excluding carboxylic acids is 2. The predicted molar refractivity (Wildman–Crippen MR) is 214 cm³/mol. The van der Waals surface area contributed by atoms with E-state index in [1.807, 2.05) is 12.8 Å². The van der Waals surface area contributed by atoms with E-state index in [4.69, 9.17) is 10.5 Å². The Morgan fingerprint density at radius 2 is 1.79 bits per heavy atom. The van der Waals surface area contributed by atoms with Gasteiger partial charge in [-0.3, -0.25) is 15.3 Å². The van der Waals surface area contributed by atoms with E-state index in [0.717, 1.165) is 64.5 Å². The first-order valence-corrected chi connectivity index (χ1v) is 22.3. The van der Waals surface area contributed by atoms with Gasteiger partial charge in [0.05, 0.1) is 56.0 Å². The summed E-state index contributed by atoms with van der Waals surface area (Å²) in [6.07, 6.45) is 15.3. The Bertz CT molecular complexity index is 1410. The number of quaternary nitrogens is 2. The standard InChI is InChI=1S/C45H71N4O7/c1-56-44-21-32-9-14-42(54)38(41(53)4-2-3-29(16-18-50)35-20-33-7-12-37(52)23-40(33)48-26-35)13-8-30(39(32)24-43(44)55)5-10-36(51)11-6-31-22-45(46)49-27-34(31)19-28-15-17-47-25-28/h15,17,25,29-36,38-41,43-45,48-51,53,55H,2-7,9-12,14,16,18-24,26-27,46H2,1H3/q+1/p+2/t29-,30-,31?,32?,33+,34?,35-,36+,38-,39?,40-,41-,43?,44?,45?/m1/s1. The molecule has 0 spiro atoms. The molecule has 0 amide bonds. The van der Waals surface area contributed by atoms with Crippen molar-refractivity contribution in [3.05, 3.63) is 18.2 Å². The van der Waals surface area contributed by atoms with Crippen LogP contribution in [0.25, 0.3) is 0 Å². The zero-order valence-corrected chi connectivity index (χ0v) is 33.9. The third-order valence-electron chi connectivity index (χ3n) is 15.0. The summed E-state index contributed by atoms with van der Waals surface area (Å²) in [6, 6.07) is 0.406. The summed E-state index contributed by atoms with van der Waals surface area (Å²) < 4.78 is 5.67. The van der Waals surface area contributed by atoms with Crippen molar-refractivity contribution >= 4 is 17.8 Å². The lowest BCUT2D eigenvalue weighted by molar-refractivity contribution is -0.712. The van der Waals surface area contributed by atoms with Crippen LogP contribution in [0.5, 0.6) is 0 Å². The Labute approximate surface area is 335 Å². The van der Waals surface area contributed by atoms with Crippen molar-refractivity contribution in [2.24, 2.45) is 64.0 Å². The first-order chi connectivity index (χ1) is 27.1. The summed E-state index contributed by atoms with van der Waals surface area (Å²) in [7, 11) is 1.64. The van der Waals surface area contributed by atoms with E-state index in [0.29, 0.717) is 106 Å². The first kappa shape index (κ1) is 43.4. The van der Waals surface area contributed by atoms with E-state index in [9.17, 15) is 30.0 Å². The zero-order valence-electron chi connectivity index (χ0n) is 33.9. The van der Waals surface area contributed by atoms with Crippen LogP contribution in [0.4, 0.5) is 0 Å². The highest BCUT2D eigenvalue weighted by Crippen LogP contribution is 2.42. The van der Waals surface area contributed by atoms with Crippen LogP contribution in [0.3, 0.4) is 0 Å². The normalized spacial score (nSPS) is 37.7. The number of nitrogens with zero attached hydrogens (tertiary/aromatic N) is 1. The fraction of sp³-hybridized carbons (Fsp3) is 0.822. The number of Topliss-reactive ketones (excluding diaryl/α,β-unsaturated/α-hetero) is 2. The minimum absolute atomic E-state index is 0.00813. The van der Waals surface area contributed by atoms with Crippen molar-refractivity contribution in [3.63, 3.8) is 0 Å². The largest absolute Gasteiger partial charge is 0.396 e. The van der Waals surface area contributed by atoms with Crippen LogP contribution in [0.15, 0.2) is 16.6 Å². The van der Waals surface area contributed by atoms with Crippen molar-refractivity contribution in [2.75, 3.05) is 26.8 Å². The fourth-order valence-electron chi connectivity index (χ4n) is 11.7. The van der Waals surface area contributed by atoms with E-state index < -0.39 is 24.2 Å². The van der Waals surface area contributed by atoms with Crippen molar-refractivity contribution in [2.45, 2.75) is 152 Å². The Hall–Kier alpha value is -2.14. The molecule has 56 heavy (non-hydrogen) atoms. The number of hydrogen-bond donors (Lipinski definition) is 7. The summed E-state index contributed by atoms with van der Waals surface area (Å²) in [6.45, 7) is 3.95. The second-order valence-corrected chi connectivity index (χ2v) is 18.6. The van der Waals surface area contributed by atoms with Gasteiger partial charge in [-0.25, -0.2) is 0 Å². The summed E-state index contributed by atoms with van der Waals surface area (Å²) in [4.78, 5) is 30.0. The Morgan fingerprint density at radius 3 is 2.57 bits per heavy atom. The Balaban J connectivity index is 1.07. The smallest absolute Gasteiger partial charge is 0.176 e. The van der Waals surface area contributed by atoms with E-state index >= 15 is 0 Å². The quantitative estimate of drug-likeness (QED) is 0.0858. The SMILES string of the molecule is COC1CC2CCC(=O)[C@@H]([C@H](O)CCC[C@H](CCO)[C@H]3C[NH2+][C@@H]4CC(=O)CC[C@H]4C3)C#C[C@@H](CC[C@H](O)CCC3CC(N)[NH2+]CC3CC3=C[CH+]N=C3)C2CC1O. The van der Waals surface area contributed by atoms with E-state index in [1.54, 1.807) is 7.11 Å². The summed E-state index contributed by atoms with van der Waals surface area (Å²) in [5.74, 6) is 8.88. The summed E-state index contributed by atoms with van der Waals surface area (Å²) >= 11 is 0. The molecule has 312 valence electrons. The van der Waals surface area contributed by atoms with Gasteiger partial charge in [0.2, 0.25) is 0 Å². The monoisotopic (exact) mass is 782 g/mol. The van der Waals surface area contributed by atoms with E-state index in [1.165, 1.54) is 5.57 Å². The highest BCUT2D eigenvalue weighted by atomic mass is 16.5. The van der Waals surface area contributed by atoms with Crippen LogP contribution in [-0.2, 0) is 14.3 Å². The molecule has 2 saturated carbocycles. The minimum Gasteiger partial charge on any atom is -0.396 e. The van der Waals surface area contributed by atoms with Gasteiger partial charge in [0, 0.05) is 63.1 Å². The maximum atomic E-state index is 13.8. The number of aliphatic hydroxyl groups excluding tert-OH is 4. The van der Waals surface area contributed by atoms with Crippen LogP contribution in [0, 0.1) is 71.6 Å². The Kier molecular flexibility index (Phi) is 16.5. The highest BCUT2D eigenvalue weighted by molar-refractivity contribution is 5.84. The van der Waals surface area contributed by atoms with Gasteiger partial charge in [0.15, 0.2) is 6.21 Å². The van der Waals surface area contributed by atoms with Gasteiger partial charge >= 0.3 is 0 Å². The van der Waals surface area contributed by atoms with Gasteiger partial charge in [-0.15, -0.1) is 4.99 Å². The van der Waals surface area contributed by atoms with Crippen LogP contribution < -0.4 is 16.4 Å². The molecule has 2 saturated heterocycles. The molecule has 11 heteroatoms. The van der Waals surface area contributed by atoms with Crippen molar-refractivity contribution in [3.8, 4) is 11.8 Å². The molecular weight excluding hydrogens is 709 g/mol. The molecule has 0 radical (unpaired) electrons. The molecule has 6 aliphatic rings. The maximum Gasteiger partial charge on any atom is 0.176 e. The van der Waals surface area contributed by atoms with Gasteiger partial charge in [-0.2, -0.15) is 0 Å². The number of piperidine rings is 2. The number of ether oxygens (including phenoxy) is 1. The van der Waals surface area contributed by atoms with Gasteiger partial charge in [0.25, 0.3) is 0 Å². The number of rotatable bonds is 17. The van der Waals surface area contributed by atoms with Gasteiger partial charge in [0.1, 0.15) is 35.8 Å². The molecule has 0 bridgehead atoms. The molecular formula is C45H73N4O7+3. The molecule has 7 unspecified atom stereocenters. The molecule has 3 heterocycles. The average molecular weight is 782 g/mol. The minimum atomic E-state index is -0.865. The number of ketones is 2. The van der Waals surface area contributed by atoms with Gasteiger partial charge < -0.3 is 35.8 Å². The highest BCUT2D eigenvalue weighted by Gasteiger charge is 2.43. The molecule has 6 rings (SSSR count). The molecule has 15 atom stereocenters. The number of methoxy groups -OCH3 is 1. The van der Waals surface area contributed by atoms with Crippen LogP contribution in [-0.4, -0.2) is 102 Å². The molecule has 0 aromatic rings. The lowest BCUT2D eigenvalue weighted by Gasteiger charge is -2.41. The maximum absolute atomic E-state index is 13.8. The van der Waals surface area contributed by atoms with Crippen LogP contribution >= 0.6 is 0 Å². The average Bonchev–Trinajstić information content (AvgIpc) is 3.72. The number of aliphatic imine (C=N–C) groups is 1. The summed E-state index contributed by atoms with van der Waals surface area (Å²) in [5, 5.41) is 48.5. The van der Waals surface area contributed by atoms with Gasteiger partial charge in [-0.1, -0.05) is 18.3 Å². The van der Waals surface area contributed by atoms with Gasteiger partial charge in [-0.05, 0) is 101 Å². The van der Waals surface area contributed by atoms with Crippen molar-refractivity contribution in [1.82, 2.24) is 0 Å². The number of aliphatic hydroxyl groups is 4. The molecule has 10 N–H and O–H groups in total. The first-order valence-electron chi connectivity index (χ1n) is 22.3. The lowest BCUT2D eigenvalue weighted by atomic mass is 9.67. The number of hydrogen-bond acceptors (Lipinski definition) is 9. The third-order valence-corrected chi connectivity index (χ3v) is 15.0. The number of fused-ring (bicyclic) bond motifs is 2. The molecule has 4 fully saturated rings. The summed E-state index contributed by atoms with van der Waals surface area (Å²) in [5.41, 5.74) is 7.63. The Morgan fingerprint density at radius 1 is 0.964 bits per heavy atom. The molecule has 11 nitrogen and oxygen atoms in total. The molecule has 3 aliphatic carbocycles. The topological polar surface area (TPSA) is 196 Å². The molecule has 3 aliphatic heterocycles. The molecule has 0 aromatic heterocycles. The van der Waals surface area contributed by atoms with E-state index in [2.05, 4.69) is 33.5 Å². The van der Waals surface area contributed by atoms with Crippen LogP contribution in [0.1, 0.15) is 116 Å².